The van der Waals surface area contributed by atoms with Crippen molar-refractivity contribution in [3.05, 3.63) is 16.7 Å². The summed E-state index contributed by atoms with van der Waals surface area (Å²) in [7, 11) is 5.38. The number of aryl methyl sites for hydroxylation is 1. The zero-order chi connectivity index (χ0) is 16.0. The molecule has 9 heteroatoms. The normalized spacial score (nSPS) is 25.0. The molecule has 1 fully saturated rings. The maximum atomic E-state index is 12.1. The third-order valence-electron chi connectivity index (χ3n) is 3.88. The number of ether oxygens (including phenoxy) is 1. The van der Waals surface area contributed by atoms with Crippen molar-refractivity contribution in [1.29, 1.82) is 0 Å². The summed E-state index contributed by atoms with van der Waals surface area (Å²) in [6, 6.07) is 0. The number of aliphatic hydroxyl groups is 2. The lowest BCUT2D eigenvalue weighted by atomic mass is 10.2. The molecule has 0 bridgehead atoms. The Morgan fingerprint density at radius 3 is 2.82 bits per heavy atom. The van der Waals surface area contributed by atoms with E-state index in [1.54, 1.807) is 35.2 Å². The van der Waals surface area contributed by atoms with Gasteiger partial charge >= 0.3 is 5.56 Å². The Morgan fingerprint density at radius 1 is 1.50 bits per heavy atom. The number of hydrogen-bond acceptors (Lipinski definition) is 7. The maximum Gasteiger partial charge on any atom is 0.302 e. The Hall–Kier alpha value is -1.97. The van der Waals surface area contributed by atoms with Crippen molar-refractivity contribution in [3.63, 3.8) is 0 Å². The summed E-state index contributed by atoms with van der Waals surface area (Å²) in [6.07, 6.45) is -0.0381. The molecule has 2 aromatic heterocycles. The molecule has 3 rings (SSSR count). The van der Waals surface area contributed by atoms with Gasteiger partial charge in [0.25, 0.3) is 0 Å². The molecule has 3 heterocycles. The van der Waals surface area contributed by atoms with Gasteiger partial charge in [0.05, 0.1) is 19.0 Å². The molecular formula is C13H19N5O4. The maximum absolute atomic E-state index is 12.1. The van der Waals surface area contributed by atoms with Crippen LogP contribution >= 0.6 is 0 Å². The predicted octanol–water partition coefficient (Wildman–Crippen LogP) is -1.16. The van der Waals surface area contributed by atoms with Crippen LogP contribution in [0.1, 0.15) is 12.6 Å². The summed E-state index contributed by atoms with van der Waals surface area (Å²) in [5.74, 6) is 0.497. The predicted molar refractivity (Wildman–Crippen MR) is 78.7 cm³/mol. The summed E-state index contributed by atoms with van der Waals surface area (Å²) in [5.41, 5.74) is 0.408. The van der Waals surface area contributed by atoms with Crippen LogP contribution in [0.5, 0.6) is 0 Å². The second-order valence-electron chi connectivity index (χ2n) is 5.61. The first-order valence-corrected chi connectivity index (χ1v) is 6.99. The lowest BCUT2D eigenvalue weighted by Gasteiger charge is -2.19. The third-order valence-corrected chi connectivity index (χ3v) is 3.88. The van der Waals surface area contributed by atoms with E-state index < -0.39 is 24.0 Å². The smallest absolute Gasteiger partial charge is 0.302 e. The fourth-order valence-corrected chi connectivity index (χ4v) is 2.81. The second-order valence-corrected chi connectivity index (χ2v) is 5.61. The first-order valence-electron chi connectivity index (χ1n) is 6.99. The van der Waals surface area contributed by atoms with Gasteiger partial charge < -0.3 is 19.8 Å². The Morgan fingerprint density at radius 2 is 2.23 bits per heavy atom. The van der Waals surface area contributed by atoms with Crippen molar-refractivity contribution in [1.82, 2.24) is 19.1 Å². The average molecular weight is 309 g/mol. The SMILES string of the molecule is CN(C)c1nc(=O)c2ncn([C@H]3C[C@H](O)[C@@H](CO)O3)c2n1C. The summed E-state index contributed by atoms with van der Waals surface area (Å²) in [6.45, 7) is -0.256. The zero-order valence-electron chi connectivity index (χ0n) is 12.7. The fourth-order valence-electron chi connectivity index (χ4n) is 2.81. The molecule has 1 saturated heterocycles. The minimum Gasteiger partial charge on any atom is -0.394 e. The van der Waals surface area contributed by atoms with Gasteiger partial charge in [-0.3, -0.25) is 13.9 Å². The van der Waals surface area contributed by atoms with Gasteiger partial charge in [-0.15, -0.1) is 0 Å². The van der Waals surface area contributed by atoms with Crippen molar-refractivity contribution in [2.45, 2.75) is 24.9 Å². The van der Waals surface area contributed by atoms with E-state index in [1.165, 1.54) is 6.33 Å². The molecule has 0 aliphatic carbocycles. The molecule has 0 unspecified atom stereocenters. The molecule has 0 radical (unpaired) electrons. The van der Waals surface area contributed by atoms with Crippen LogP contribution in [0.15, 0.2) is 11.1 Å². The van der Waals surface area contributed by atoms with Crippen LogP contribution in [0, 0.1) is 0 Å². The summed E-state index contributed by atoms with van der Waals surface area (Å²) < 4.78 is 9.10. The van der Waals surface area contributed by atoms with Gasteiger partial charge in [0.15, 0.2) is 11.2 Å². The number of nitrogens with zero attached hydrogens (tertiary/aromatic N) is 5. The first kappa shape index (κ1) is 14.9. The molecule has 0 aromatic carbocycles. The van der Waals surface area contributed by atoms with Crippen LogP contribution in [0.3, 0.4) is 0 Å². The van der Waals surface area contributed by atoms with Crippen LogP contribution < -0.4 is 10.5 Å². The summed E-state index contributed by atoms with van der Waals surface area (Å²) >= 11 is 0. The van der Waals surface area contributed by atoms with E-state index in [0.717, 1.165) is 0 Å². The Bertz CT molecular complexity index is 753. The number of fused-ring (bicyclic) bond motifs is 1. The van der Waals surface area contributed by atoms with Gasteiger partial charge in [-0.05, 0) is 0 Å². The standard InChI is InChI=1S/C13H19N5O4/c1-16(2)13-15-11(21)10-12(17(13)3)18(6-14-10)9-4-7(20)8(5-19)22-9/h6-9,19-20H,4-5H2,1-3H3/t7-,8+,9+/m0/s1. The minimum atomic E-state index is -0.750. The molecule has 2 N–H and O–H groups in total. The lowest BCUT2D eigenvalue weighted by Crippen LogP contribution is -2.25. The van der Waals surface area contributed by atoms with Crippen molar-refractivity contribution in [2.75, 3.05) is 25.6 Å². The highest BCUT2D eigenvalue weighted by molar-refractivity contribution is 5.72. The third kappa shape index (κ3) is 2.18. The molecule has 1 aliphatic rings. The lowest BCUT2D eigenvalue weighted by molar-refractivity contribution is -0.0433. The van der Waals surface area contributed by atoms with E-state index in [0.29, 0.717) is 18.0 Å². The molecular weight excluding hydrogens is 290 g/mol. The van der Waals surface area contributed by atoms with Crippen LogP contribution in [0.25, 0.3) is 11.2 Å². The molecule has 1 aliphatic heterocycles. The highest BCUT2D eigenvalue weighted by Gasteiger charge is 2.35. The Kier molecular flexibility index (Phi) is 3.63. The molecule has 120 valence electrons. The summed E-state index contributed by atoms with van der Waals surface area (Å²) in [4.78, 5) is 22.0. The van der Waals surface area contributed by atoms with E-state index in [9.17, 15) is 15.0 Å². The van der Waals surface area contributed by atoms with Crippen molar-refractivity contribution in [3.8, 4) is 0 Å². The van der Waals surface area contributed by atoms with E-state index in [2.05, 4.69) is 9.97 Å². The Labute approximate surface area is 126 Å². The van der Waals surface area contributed by atoms with Gasteiger partial charge in [0.2, 0.25) is 5.95 Å². The van der Waals surface area contributed by atoms with Crippen LogP contribution in [-0.4, -0.2) is 62.2 Å². The highest BCUT2D eigenvalue weighted by Crippen LogP contribution is 2.30. The van der Waals surface area contributed by atoms with E-state index >= 15 is 0 Å². The van der Waals surface area contributed by atoms with Gasteiger partial charge in [-0.1, -0.05) is 0 Å². The number of aromatic nitrogens is 4. The largest absolute Gasteiger partial charge is 0.394 e. The summed E-state index contributed by atoms with van der Waals surface area (Å²) in [5, 5.41) is 19.1. The van der Waals surface area contributed by atoms with Crippen LogP contribution in [0.2, 0.25) is 0 Å². The number of hydrogen-bond donors (Lipinski definition) is 2. The van der Waals surface area contributed by atoms with E-state index in [1.807, 2.05) is 0 Å². The van der Waals surface area contributed by atoms with Gasteiger partial charge in [-0.2, -0.15) is 4.98 Å². The number of anilines is 1. The van der Waals surface area contributed by atoms with Crippen LogP contribution in [-0.2, 0) is 11.8 Å². The van der Waals surface area contributed by atoms with Crippen molar-refractivity contribution < 1.29 is 14.9 Å². The van der Waals surface area contributed by atoms with Crippen molar-refractivity contribution in [2.24, 2.45) is 7.05 Å². The second kappa shape index (κ2) is 5.34. The average Bonchev–Trinajstić information content (AvgIpc) is 3.06. The highest BCUT2D eigenvalue weighted by atomic mass is 16.5. The van der Waals surface area contributed by atoms with E-state index in [4.69, 9.17) is 4.74 Å². The zero-order valence-corrected chi connectivity index (χ0v) is 12.7. The monoisotopic (exact) mass is 309 g/mol. The quantitative estimate of drug-likeness (QED) is 0.736. The van der Waals surface area contributed by atoms with E-state index in [-0.39, 0.29) is 12.1 Å². The minimum absolute atomic E-state index is 0.249. The number of rotatable bonds is 3. The van der Waals surface area contributed by atoms with Gasteiger partial charge in [0, 0.05) is 27.6 Å². The molecule has 22 heavy (non-hydrogen) atoms. The molecule has 0 saturated carbocycles. The van der Waals surface area contributed by atoms with Gasteiger partial charge in [0.1, 0.15) is 12.3 Å². The van der Waals surface area contributed by atoms with Crippen molar-refractivity contribution >= 4 is 17.1 Å². The molecule has 9 nitrogen and oxygen atoms in total. The molecule has 3 atom stereocenters. The van der Waals surface area contributed by atoms with Crippen LogP contribution in [0.4, 0.5) is 5.95 Å². The van der Waals surface area contributed by atoms with Gasteiger partial charge in [-0.25, -0.2) is 4.98 Å². The number of aliphatic hydroxyl groups excluding tert-OH is 2. The Balaban J connectivity index is 2.14. The number of imidazole rings is 1. The topological polar surface area (TPSA) is 106 Å². The molecule has 0 spiro atoms. The molecule has 0 amide bonds. The molecule has 2 aromatic rings. The first-order chi connectivity index (χ1) is 10.4. The fraction of sp³-hybridized carbons (Fsp3) is 0.615.